The largest absolute Gasteiger partial charge is 0.241 e. The van der Waals surface area contributed by atoms with E-state index in [4.69, 9.17) is 0 Å². The Hall–Kier alpha value is 0.440. The first-order chi connectivity index (χ1) is 8.82. The lowest BCUT2D eigenvalue weighted by molar-refractivity contribution is 0.552. The zero-order chi connectivity index (χ0) is 14.1. The molecule has 0 saturated carbocycles. The van der Waals surface area contributed by atoms with Gasteiger partial charge in [0.2, 0.25) is 10.0 Å². The first kappa shape index (κ1) is 15.8. The maximum atomic E-state index is 12.3. The highest BCUT2D eigenvalue weighted by Crippen LogP contribution is 2.37. The first-order valence-electron chi connectivity index (χ1n) is 5.91. The summed E-state index contributed by atoms with van der Waals surface area (Å²) < 4.78 is 28.8. The highest BCUT2D eigenvalue weighted by Gasteiger charge is 2.31. The number of hydrogen-bond donors (Lipinski definition) is 1. The Balaban J connectivity index is 2.14. The minimum absolute atomic E-state index is 0.0227. The minimum atomic E-state index is -3.46. The van der Waals surface area contributed by atoms with Crippen LogP contribution >= 0.6 is 43.6 Å². The van der Waals surface area contributed by atoms with Crippen LogP contribution in [0.2, 0.25) is 0 Å². The van der Waals surface area contributed by atoms with E-state index in [2.05, 4.69) is 43.5 Å². The quantitative estimate of drug-likeness (QED) is 0.793. The summed E-state index contributed by atoms with van der Waals surface area (Å²) in [5.74, 6) is 1.11. The molecule has 7 heteroatoms. The van der Waals surface area contributed by atoms with E-state index in [0.717, 1.165) is 23.1 Å². The van der Waals surface area contributed by atoms with Crippen molar-refractivity contribution >= 4 is 53.6 Å². The van der Waals surface area contributed by atoms with Crippen LogP contribution in [0.3, 0.4) is 0 Å². The van der Waals surface area contributed by atoms with Crippen LogP contribution in [0.4, 0.5) is 0 Å². The number of sulfonamides is 1. The maximum Gasteiger partial charge on any atom is 0.241 e. The molecular weight excluding hydrogens is 414 g/mol. The van der Waals surface area contributed by atoms with Crippen LogP contribution in [-0.2, 0) is 10.0 Å². The number of nitrogens with one attached hydrogen (secondary N) is 1. The topological polar surface area (TPSA) is 46.2 Å². The summed E-state index contributed by atoms with van der Waals surface area (Å²) in [5, 5.41) is 0. The van der Waals surface area contributed by atoms with Gasteiger partial charge in [-0.05, 0) is 59.6 Å². The molecule has 0 radical (unpaired) electrons. The van der Waals surface area contributed by atoms with Crippen molar-refractivity contribution in [3.63, 3.8) is 0 Å². The van der Waals surface area contributed by atoms with E-state index in [1.807, 2.05) is 11.8 Å². The average molecular weight is 429 g/mol. The third kappa shape index (κ3) is 3.97. The minimum Gasteiger partial charge on any atom is -0.210 e. The molecule has 106 valence electrons. The van der Waals surface area contributed by atoms with Crippen molar-refractivity contribution in [2.24, 2.45) is 0 Å². The Kier molecular flexibility index (Phi) is 5.04. The van der Waals surface area contributed by atoms with Crippen molar-refractivity contribution < 1.29 is 8.42 Å². The molecule has 1 aromatic carbocycles. The predicted octanol–water partition coefficient (Wildman–Crippen LogP) is 3.78. The normalized spacial score (nSPS) is 23.7. The van der Waals surface area contributed by atoms with Crippen LogP contribution in [0.15, 0.2) is 32.0 Å². The van der Waals surface area contributed by atoms with Gasteiger partial charge in [-0.1, -0.05) is 15.9 Å². The number of benzene rings is 1. The van der Waals surface area contributed by atoms with Crippen LogP contribution in [0, 0.1) is 0 Å². The highest BCUT2D eigenvalue weighted by atomic mass is 79.9. The van der Waals surface area contributed by atoms with E-state index < -0.39 is 10.0 Å². The molecule has 1 N–H and O–H groups in total. The van der Waals surface area contributed by atoms with Crippen molar-refractivity contribution in [3.8, 4) is 0 Å². The molecule has 1 aliphatic heterocycles. The monoisotopic (exact) mass is 427 g/mol. The van der Waals surface area contributed by atoms with Crippen molar-refractivity contribution in [2.75, 3.05) is 12.3 Å². The second kappa shape index (κ2) is 6.05. The highest BCUT2D eigenvalue weighted by molar-refractivity contribution is 9.11. The molecule has 1 heterocycles. The maximum absolute atomic E-state index is 12.3. The van der Waals surface area contributed by atoms with Gasteiger partial charge < -0.3 is 0 Å². The molecule has 0 bridgehead atoms. The summed E-state index contributed by atoms with van der Waals surface area (Å²) in [6, 6.07) is 5.06. The number of halogens is 2. The van der Waals surface area contributed by atoms with Crippen LogP contribution in [0.5, 0.6) is 0 Å². The summed E-state index contributed by atoms with van der Waals surface area (Å²) >= 11 is 8.45. The average Bonchev–Trinajstić information content (AvgIpc) is 2.74. The lowest BCUT2D eigenvalue weighted by Crippen LogP contribution is -2.36. The van der Waals surface area contributed by atoms with Crippen LogP contribution < -0.4 is 4.72 Å². The molecule has 1 aliphatic rings. The number of rotatable bonds is 4. The lowest BCUT2D eigenvalue weighted by Gasteiger charge is -2.23. The van der Waals surface area contributed by atoms with Gasteiger partial charge in [0.15, 0.2) is 0 Å². The van der Waals surface area contributed by atoms with E-state index in [-0.39, 0.29) is 9.64 Å². The van der Waals surface area contributed by atoms with Gasteiger partial charge >= 0.3 is 0 Å². The van der Waals surface area contributed by atoms with E-state index in [1.165, 1.54) is 0 Å². The smallest absolute Gasteiger partial charge is 0.210 e. The van der Waals surface area contributed by atoms with Gasteiger partial charge in [0, 0.05) is 20.2 Å². The summed E-state index contributed by atoms with van der Waals surface area (Å²) in [6.07, 6.45) is 2.21. The second-order valence-corrected chi connectivity index (χ2v) is 9.99. The van der Waals surface area contributed by atoms with Gasteiger partial charge in [-0.3, -0.25) is 0 Å². The second-order valence-electron chi connectivity index (χ2n) is 4.80. The Morgan fingerprint density at radius 1 is 1.42 bits per heavy atom. The van der Waals surface area contributed by atoms with Crippen LogP contribution in [-0.4, -0.2) is 25.5 Å². The Bertz CT molecular complexity index is 569. The summed E-state index contributed by atoms with van der Waals surface area (Å²) in [6.45, 7) is 2.59. The lowest BCUT2D eigenvalue weighted by atomic mass is 10.1. The zero-order valence-electron chi connectivity index (χ0n) is 10.4. The third-order valence-electron chi connectivity index (χ3n) is 3.12. The molecule has 1 unspecified atom stereocenters. The predicted molar refractivity (Wildman–Crippen MR) is 87.1 cm³/mol. The Labute approximate surface area is 135 Å². The fourth-order valence-corrected chi connectivity index (χ4v) is 6.24. The molecule has 0 aliphatic carbocycles. The van der Waals surface area contributed by atoms with Gasteiger partial charge in [0.05, 0.1) is 4.90 Å². The van der Waals surface area contributed by atoms with Gasteiger partial charge in [-0.25, -0.2) is 13.1 Å². The molecule has 1 saturated heterocycles. The fraction of sp³-hybridized carbons (Fsp3) is 0.500. The summed E-state index contributed by atoms with van der Waals surface area (Å²) in [5.41, 5.74) is 0. The molecule has 1 aromatic rings. The summed E-state index contributed by atoms with van der Waals surface area (Å²) in [4.78, 5) is 0.280. The van der Waals surface area contributed by atoms with Gasteiger partial charge in [0.25, 0.3) is 0 Å². The fourth-order valence-electron chi connectivity index (χ4n) is 1.99. The van der Waals surface area contributed by atoms with Crippen molar-refractivity contribution in [1.82, 2.24) is 4.72 Å². The van der Waals surface area contributed by atoms with E-state index in [1.54, 1.807) is 18.2 Å². The van der Waals surface area contributed by atoms with Gasteiger partial charge in [-0.2, -0.15) is 11.8 Å². The van der Waals surface area contributed by atoms with E-state index in [9.17, 15) is 8.42 Å². The molecule has 0 spiro atoms. The molecule has 2 rings (SSSR count). The molecule has 1 atom stereocenters. The van der Waals surface area contributed by atoms with Crippen molar-refractivity contribution in [1.29, 1.82) is 0 Å². The molecule has 3 nitrogen and oxygen atoms in total. The van der Waals surface area contributed by atoms with Crippen molar-refractivity contribution in [3.05, 3.63) is 27.1 Å². The third-order valence-corrected chi connectivity index (χ3v) is 7.53. The van der Waals surface area contributed by atoms with E-state index in [0.29, 0.717) is 11.0 Å². The molecule has 1 fully saturated rings. The van der Waals surface area contributed by atoms with E-state index >= 15 is 0 Å². The Morgan fingerprint density at radius 3 is 2.74 bits per heavy atom. The molecular formula is C12H15Br2NO2S2. The number of thioether (sulfide) groups is 1. The van der Waals surface area contributed by atoms with Gasteiger partial charge in [-0.15, -0.1) is 0 Å². The Morgan fingerprint density at radius 2 is 2.16 bits per heavy atom. The number of hydrogen-bond acceptors (Lipinski definition) is 3. The standard InChI is InChI=1S/C12H15Br2NO2S2/c1-12(5-2-6-18-12)8-15-19(16,17)11-4-3-9(13)7-10(11)14/h3-4,7,15H,2,5-6,8H2,1H3. The molecule has 19 heavy (non-hydrogen) atoms. The molecule has 0 amide bonds. The zero-order valence-corrected chi connectivity index (χ0v) is 15.3. The molecule has 0 aromatic heterocycles. The SMILES string of the molecule is CC1(CNS(=O)(=O)c2ccc(Br)cc2Br)CCCS1. The van der Waals surface area contributed by atoms with Crippen molar-refractivity contribution in [2.45, 2.75) is 29.4 Å². The van der Waals surface area contributed by atoms with Crippen LogP contribution in [0.25, 0.3) is 0 Å². The van der Waals surface area contributed by atoms with Crippen LogP contribution in [0.1, 0.15) is 19.8 Å². The van der Waals surface area contributed by atoms with Gasteiger partial charge in [0.1, 0.15) is 0 Å². The first-order valence-corrected chi connectivity index (χ1v) is 9.97. The summed E-state index contributed by atoms with van der Waals surface area (Å²) in [7, 11) is -3.46.